The van der Waals surface area contributed by atoms with Crippen molar-refractivity contribution in [1.29, 1.82) is 0 Å². The molecule has 0 aromatic heterocycles. The summed E-state index contributed by atoms with van der Waals surface area (Å²) in [6.07, 6.45) is 2.80. The first-order chi connectivity index (χ1) is 9.99. The van der Waals surface area contributed by atoms with Crippen LogP contribution in [0.2, 0.25) is 0 Å². The molecule has 1 atom stereocenters. The highest BCUT2D eigenvalue weighted by molar-refractivity contribution is 5.92. The first kappa shape index (κ1) is 15.4. The Morgan fingerprint density at radius 3 is 2.38 bits per heavy atom. The van der Waals surface area contributed by atoms with Crippen LogP contribution in [0.5, 0.6) is 0 Å². The molecule has 0 heterocycles. The average molecular weight is 297 g/mol. The summed E-state index contributed by atoms with van der Waals surface area (Å²) >= 11 is 0. The number of amides is 1. The number of esters is 1. The van der Waals surface area contributed by atoms with Crippen molar-refractivity contribution in [3.05, 3.63) is 35.4 Å². The summed E-state index contributed by atoms with van der Waals surface area (Å²) in [7, 11) is 0. The molecule has 0 spiro atoms. The van der Waals surface area contributed by atoms with Crippen LogP contribution < -0.4 is 5.32 Å². The molecule has 0 radical (unpaired) electrons. The molecule has 1 aliphatic carbocycles. The molecular formula is C15H17F2NO3. The Hall–Kier alpha value is -1.98. The Labute approximate surface area is 121 Å². The molecule has 2 rings (SSSR count). The van der Waals surface area contributed by atoms with Gasteiger partial charge in [-0.1, -0.05) is 18.9 Å². The maximum Gasteiger partial charge on any atom is 0.344 e. The van der Waals surface area contributed by atoms with Crippen molar-refractivity contribution in [2.75, 3.05) is 0 Å². The van der Waals surface area contributed by atoms with Crippen molar-refractivity contribution in [2.24, 2.45) is 0 Å². The summed E-state index contributed by atoms with van der Waals surface area (Å²) in [6, 6.07) is 3.16. The third-order valence-corrected chi connectivity index (χ3v) is 3.52. The van der Waals surface area contributed by atoms with Gasteiger partial charge in [0, 0.05) is 6.04 Å². The maximum atomic E-state index is 13.4. The smallest absolute Gasteiger partial charge is 0.344 e. The molecule has 1 aromatic rings. The van der Waals surface area contributed by atoms with E-state index < -0.39 is 35.2 Å². The zero-order valence-electron chi connectivity index (χ0n) is 11.7. The van der Waals surface area contributed by atoms with Crippen LogP contribution >= 0.6 is 0 Å². The molecule has 1 saturated carbocycles. The van der Waals surface area contributed by atoms with Crippen LogP contribution in [0.4, 0.5) is 8.78 Å². The largest absolute Gasteiger partial charge is 0.449 e. The Morgan fingerprint density at radius 1 is 1.24 bits per heavy atom. The Kier molecular flexibility index (Phi) is 4.88. The van der Waals surface area contributed by atoms with Gasteiger partial charge in [-0.15, -0.1) is 0 Å². The fraction of sp³-hybridized carbons (Fsp3) is 0.467. The molecule has 0 saturated heterocycles. The number of nitrogens with one attached hydrogen (secondary N) is 1. The highest BCUT2D eigenvalue weighted by Crippen LogP contribution is 2.18. The van der Waals surface area contributed by atoms with Crippen LogP contribution in [0.25, 0.3) is 0 Å². The quantitative estimate of drug-likeness (QED) is 0.869. The van der Waals surface area contributed by atoms with Gasteiger partial charge in [0.15, 0.2) is 6.10 Å². The van der Waals surface area contributed by atoms with Gasteiger partial charge >= 0.3 is 5.97 Å². The molecule has 1 amide bonds. The van der Waals surface area contributed by atoms with Crippen molar-refractivity contribution in [2.45, 2.75) is 44.8 Å². The van der Waals surface area contributed by atoms with E-state index in [4.69, 9.17) is 4.74 Å². The van der Waals surface area contributed by atoms with E-state index in [9.17, 15) is 18.4 Å². The van der Waals surface area contributed by atoms with Gasteiger partial charge in [0.05, 0.1) is 0 Å². The monoisotopic (exact) mass is 297 g/mol. The topological polar surface area (TPSA) is 55.4 Å². The standard InChI is InChI=1S/C15H17F2NO3/c1-9(14(19)18-10-5-2-3-6-10)21-15(20)13-11(16)7-4-8-12(13)17/h4,7-10H,2-3,5-6H2,1H3,(H,18,19)/t9-/m1/s1. The highest BCUT2D eigenvalue weighted by Gasteiger charge is 2.26. The van der Waals surface area contributed by atoms with Crippen LogP contribution in [0.15, 0.2) is 18.2 Å². The summed E-state index contributed by atoms with van der Waals surface area (Å²) in [6.45, 7) is 1.38. The minimum absolute atomic E-state index is 0.0869. The third-order valence-electron chi connectivity index (χ3n) is 3.52. The summed E-state index contributed by atoms with van der Waals surface area (Å²) < 4.78 is 31.7. The van der Waals surface area contributed by atoms with Crippen LogP contribution in [0.1, 0.15) is 43.0 Å². The van der Waals surface area contributed by atoms with Gasteiger partial charge in [-0.05, 0) is 31.9 Å². The van der Waals surface area contributed by atoms with Crippen molar-refractivity contribution in [1.82, 2.24) is 5.32 Å². The second kappa shape index (κ2) is 6.65. The molecule has 0 unspecified atom stereocenters. The lowest BCUT2D eigenvalue weighted by molar-refractivity contribution is -0.129. The number of ether oxygens (including phenoxy) is 1. The minimum Gasteiger partial charge on any atom is -0.449 e. The van der Waals surface area contributed by atoms with E-state index in [1.54, 1.807) is 0 Å². The predicted octanol–water partition coefficient (Wildman–Crippen LogP) is 2.57. The van der Waals surface area contributed by atoms with Crippen molar-refractivity contribution < 1.29 is 23.1 Å². The van der Waals surface area contributed by atoms with E-state index in [0.717, 1.165) is 43.9 Å². The van der Waals surface area contributed by atoms with Gasteiger partial charge in [-0.3, -0.25) is 4.79 Å². The van der Waals surface area contributed by atoms with Gasteiger partial charge in [-0.2, -0.15) is 0 Å². The first-order valence-corrected chi connectivity index (χ1v) is 6.94. The molecule has 6 heteroatoms. The fourth-order valence-corrected chi connectivity index (χ4v) is 2.35. The predicted molar refractivity (Wildman–Crippen MR) is 71.6 cm³/mol. The van der Waals surface area contributed by atoms with Gasteiger partial charge in [0.1, 0.15) is 17.2 Å². The van der Waals surface area contributed by atoms with Gasteiger partial charge in [0.2, 0.25) is 0 Å². The Morgan fingerprint density at radius 2 is 1.81 bits per heavy atom. The molecule has 1 fully saturated rings. The average Bonchev–Trinajstić information content (AvgIpc) is 2.91. The fourth-order valence-electron chi connectivity index (χ4n) is 2.35. The lowest BCUT2D eigenvalue weighted by Gasteiger charge is -2.17. The lowest BCUT2D eigenvalue weighted by atomic mass is 10.2. The summed E-state index contributed by atoms with van der Waals surface area (Å²) in [5.74, 6) is -3.65. The zero-order chi connectivity index (χ0) is 15.4. The molecule has 21 heavy (non-hydrogen) atoms. The highest BCUT2D eigenvalue weighted by atomic mass is 19.1. The van der Waals surface area contributed by atoms with Gasteiger partial charge in [0.25, 0.3) is 5.91 Å². The van der Waals surface area contributed by atoms with Crippen LogP contribution in [-0.2, 0) is 9.53 Å². The Balaban J connectivity index is 1.96. The molecule has 0 bridgehead atoms. The summed E-state index contributed by atoms with van der Waals surface area (Å²) in [4.78, 5) is 23.6. The number of benzene rings is 1. The normalized spacial score (nSPS) is 16.5. The van der Waals surface area contributed by atoms with Crippen LogP contribution in [0, 0.1) is 11.6 Å². The molecule has 114 valence electrons. The molecular weight excluding hydrogens is 280 g/mol. The van der Waals surface area contributed by atoms with Crippen molar-refractivity contribution >= 4 is 11.9 Å². The SMILES string of the molecule is C[C@@H](OC(=O)c1c(F)cccc1F)C(=O)NC1CCCC1. The molecule has 0 aliphatic heterocycles. The van der Waals surface area contributed by atoms with Gasteiger partial charge < -0.3 is 10.1 Å². The zero-order valence-corrected chi connectivity index (χ0v) is 11.7. The Bertz CT molecular complexity index is 521. The molecule has 1 N–H and O–H groups in total. The van der Waals surface area contributed by atoms with Crippen molar-refractivity contribution in [3.63, 3.8) is 0 Å². The number of rotatable bonds is 4. The minimum atomic E-state index is -1.18. The molecule has 4 nitrogen and oxygen atoms in total. The second-order valence-corrected chi connectivity index (χ2v) is 5.13. The number of hydrogen-bond donors (Lipinski definition) is 1. The lowest BCUT2D eigenvalue weighted by Crippen LogP contribution is -2.41. The van der Waals surface area contributed by atoms with Crippen LogP contribution in [0.3, 0.4) is 0 Å². The summed E-state index contributed by atoms with van der Waals surface area (Å²) in [5, 5.41) is 2.76. The maximum absolute atomic E-state index is 13.4. The second-order valence-electron chi connectivity index (χ2n) is 5.13. The van der Waals surface area contributed by atoms with E-state index >= 15 is 0 Å². The third kappa shape index (κ3) is 3.77. The van der Waals surface area contributed by atoms with E-state index in [-0.39, 0.29) is 6.04 Å². The van der Waals surface area contributed by atoms with Crippen LogP contribution in [-0.4, -0.2) is 24.0 Å². The number of hydrogen-bond acceptors (Lipinski definition) is 3. The van der Waals surface area contributed by atoms with E-state index in [2.05, 4.69) is 5.32 Å². The summed E-state index contributed by atoms with van der Waals surface area (Å²) in [5.41, 5.74) is -0.780. The van der Waals surface area contributed by atoms with E-state index in [0.29, 0.717) is 0 Å². The van der Waals surface area contributed by atoms with Gasteiger partial charge in [-0.25, -0.2) is 13.6 Å². The number of halogens is 2. The van der Waals surface area contributed by atoms with E-state index in [1.807, 2.05) is 0 Å². The number of carbonyl (C=O) groups is 2. The van der Waals surface area contributed by atoms with E-state index in [1.165, 1.54) is 6.92 Å². The first-order valence-electron chi connectivity index (χ1n) is 6.94. The van der Waals surface area contributed by atoms with Crippen molar-refractivity contribution in [3.8, 4) is 0 Å². The molecule has 1 aliphatic rings. The number of carbonyl (C=O) groups excluding carboxylic acids is 2. The molecule has 1 aromatic carbocycles.